The molecule has 0 unspecified atom stereocenters. The molecule has 1 aliphatic heterocycles. The van der Waals surface area contributed by atoms with E-state index in [1.807, 2.05) is 42.1 Å². The summed E-state index contributed by atoms with van der Waals surface area (Å²) in [4.78, 5) is 15.1. The lowest BCUT2D eigenvalue weighted by Crippen LogP contribution is -2.48. The van der Waals surface area contributed by atoms with Crippen LogP contribution in [-0.4, -0.2) is 41.0 Å². The highest BCUT2D eigenvalue weighted by molar-refractivity contribution is 7.97. The highest BCUT2D eigenvalue weighted by Crippen LogP contribution is 2.31. The van der Waals surface area contributed by atoms with Crippen LogP contribution < -0.4 is 4.90 Å². The molecule has 206 valence electrons. The number of anilines is 1. The summed E-state index contributed by atoms with van der Waals surface area (Å²) < 4.78 is 0. The summed E-state index contributed by atoms with van der Waals surface area (Å²) in [5.41, 5.74) is 6.03. The molecular weight excluding hydrogens is 544 g/mol. The molecule has 41 heavy (non-hydrogen) atoms. The van der Waals surface area contributed by atoms with Crippen molar-refractivity contribution in [2.24, 2.45) is 0 Å². The van der Waals surface area contributed by atoms with Crippen molar-refractivity contribution >= 4 is 29.2 Å². The van der Waals surface area contributed by atoms with Crippen LogP contribution in [0.2, 0.25) is 5.02 Å². The first-order valence-corrected chi connectivity index (χ1v) is 15.6. The first kappa shape index (κ1) is 27.5. The van der Waals surface area contributed by atoms with E-state index in [-0.39, 0.29) is 6.04 Å². The number of rotatable bonds is 9. The first-order chi connectivity index (χ1) is 20.2. The van der Waals surface area contributed by atoms with E-state index in [0.717, 1.165) is 65.6 Å². The second-order valence-corrected chi connectivity index (χ2v) is 11.7. The van der Waals surface area contributed by atoms with Gasteiger partial charge >= 0.3 is 0 Å². The minimum atomic E-state index is 0.240. The number of nitrogens with zero attached hydrogens (tertiary/aromatic N) is 4. The normalized spacial score (nSPS) is 14.0. The number of aromatic nitrogens is 2. The van der Waals surface area contributed by atoms with E-state index in [9.17, 15) is 0 Å². The largest absolute Gasteiger partial charge is 0.354 e. The molecule has 0 radical (unpaired) electrons. The van der Waals surface area contributed by atoms with Gasteiger partial charge in [0.05, 0.1) is 11.7 Å². The predicted octanol–water partition coefficient (Wildman–Crippen LogP) is 8.14. The van der Waals surface area contributed by atoms with Gasteiger partial charge in [0, 0.05) is 54.3 Å². The molecule has 1 saturated heterocycles. The number of halogens is 1. The van der Waals surface area contributed by atoms with Crippen molar-refractivity contribution < 1.29 is 0 Å². The van der Waals surface area contributed by atoms with Crippen molar-refractivity contribution in [3.05, 3.63) is 149 Å². The highest BCUT2D eigenvalue weighted by atomic mass is 35.5. The van der Waals surface area contributed by atoms with E-state index in [1.165, 1.54) is 16.7 Å². The number of hydrogen-bond donors (Lipinski definition) is 0. The van der Waals surface area contributed by atoms with E-state index in [1.54, 1.807) is 0 Å². The van der Waals surface area contributed by atoms with E-state index in [0.29, 0.717) is 0 Å². The van der Waals surface area contributed by atoms with Gasteiger partial charge < -0.3 is 4.90 Å². The minimum Gasteiger partial charge on any atom is -0.354 e. The summed E-state index contributed by atoms with van der Waals surface area (Å²) in [5, 5.41) is 0.769. The Morgan fingerprint density at radius 2 is 1.24 bits per heavy atom. The van der Waals surface area contributed by atoms with Gasteiger partial charge in [-0.05, 0) is 28.8 Å². The Hall–Kier alpha value is -3.64. The number of piperazine rings is 1. The summed E-state index contributed by atoms with van der Waals surface area (Å²) in [5.74, 6) is 3.54. The van der Waals surface area contributed by atoms with Crippen LogP contribution >= 0.6 is 23.4 Å². The minimum absolute atomic E-state index is 0.240. The van der Waals surface area contributed by atoms with Gasteiger partial charge in [0.2, 0.25) is 0 Å². The topological polar surface area (TPSA) is 32.3 Å². The maximum Gasteiger partial charge on any atom is 0.161 e. The Labute approximate surface area is 252 Å². The summed E-state index contributed by atoms with van der Waals surface area (Å²) >= 11 is 7.93. The molecule has 0 amide bonds. The van der Waals surface area contributed by atoms with Gasteiger partial charge in [-0.1, -0.05) is 115 Å². The Bertz CT molecular complexity index is 1480. The lowest BCUT2D eigenvalue weighted by Gasteiger charge is -2.40. The van der Waals surface area contributed by atoms with Gasteiger partial charge in [-0.15, -0.1) is 0 Å². The molecule has 2 heterocycles. The summed E-state index contributed by atoms with van der Waals surface area (Å²) in [6, 6.07) is 42.5. The Morgan fingerprint density at radius 3 is 1.85 bits per heavy atom. The van der Waals surface area contributed by atoms with E-state index < -0.39 is 0 Å². The average Bonchev–Trinajstić information content (AvgIpc) is 3.04. The second kappa shape index (κ2) is 13.3. The van der Waals surface area contributed by atoms with Crippen molar-refractivity contribution in [1.29, 1.82) is 0 Å². The van der Waals surface area contributed by atoms with Crippen molar-refractivity contribution in [3.8, 4) is 11.4 Å². The van der Waals surface area contributed by atoms with Gasteiger partial charge in [-0.3, -0.25) is 4.90 Å². The molecule has 0 aliphatic carbocycles. The van der Waals surface area contributed by atoms with Crippen LogP contribution in [0.4, 0.5) is 5.82 Å². The van der Waals surface area contributed by atoms with Gasteiger partial charge in [0.15, 0.2) is 5.82 Å². The standard InChI is InChI=1S/C35H33ClN4S/c36-31-18-16-27(17-19-31)25-41-26-32-24-33(38-35(37-32)30-14-8-3-9-15-30)39-20-22-40(23-21-39)34(28-10-4-1-5-11-28)29-12-6-2-7-13-29/h1-19,24,34H,20-23,25-26H2. The second-order valence-electron chi connectivity index (χ2n) is 10.3. The summed E-state index contributed by atoms with van der Waals surface area (Å²) in [7, 11) is 0. The lowest BCUT2D eigenvalue weighted by atomic mass is 9.96. The van der Waals surface area contributed by atoms with Gasteiger partial charge in [-0.25, -0.2) is 9.97 Å². The smallest absolute Gasteiger partial charge is 0.161 e. The summed E-state index contributed by atoms with van der Waals surface area (Å²) in [6.45, 7) is 3.75. The van der Waals surface area contributed by atoms with Crippen molar-refractivity contribution in [1.82, 2.24) is 14.9 Å². The van der Waals surface area contributed by atoms with Crippen LogP contribution in [0.3, 0.4) is 0 Å². The van der Waals surface area contributed by atoms with E-state index >= 15 is 0 Å². The number of thioether (sulfide) groups is 1. The molecule has 0 N–H and O–H groups in total. The van der Waals surface area contributed by atoms with Crippen LogP contribution in [0.15, 0.2) is 121 Å². The number of hydrogen-bond acceptors (Lipinski definition) is 5. The van der Waals surface area contributed by atoms with Crippen LogP contribution in [0, 0.1) is 0 Å². The van der Waals surface area contributed by atoms with Gasteiger partial charge in [0.25, 0.3) is 0 Å². The number of benzene rings is 4. The molecule has 0 spiro atoms. The van der Waals surface area contributed by atoms with Crippen LogP contribution in [-0.2, 0) is 11.5 Å². The van der Waals surface area contributed by atoms with E-state index in [4.69, 9.17) is 21.6 Å². The zero-order valence-electron chi connectivity index (χ0n) is 22.9. The third-order valence-electron chi connectivity index (χ3n) is 7.46. The average molecular weight is 577 g/mol. The molecular formula is C35H33ClN4S. The molecule has 6 heteroatoms. The lowest BCUT2D eigenvalue weighted by molar-refractivity contribution is 0.212. The first-order valence-electron chi connectivity index (χ1n) is 14.1. The molecule has 1 aliphatic rings. The molecule has 1 aromatic heterocycles. The fourth-order valence-electron chi connectivity index (χ4n) is 5.38. The van der Waals surface area contributed by atoms with Gasteiger partial charge in [-0.2, -0.15) is 11.8 Å². The zero-order valence-corrected chi connectivity index (χ0v) is 24.5. The fourth-order valence-corrected chi connectivity index (χ4v) is 6.40. The Balaban J connectivity index is 1.20. The zero-order chi connectivity index (χ0) is 27.9. The van der Waals surface area contributed by atoms with Gasteiger partial charge in [0.1, 0.15) is 5.82 Å². The van der Waals surface area contributed by atoms with E-state index in [2.05, 4.69) is 101 Å². The molecule has 4 nitrogen and oxygen atoms in total. The van der Waals surface area contributed by atoms with Crippen LogP contribution in [0.25, 0.3) is 11.4 Å². The molecule has 0 bridgehead atoms. The molecule has 0 atom stereocenters. The Morgan fingerprint density at radius 1 is 0.659 bits per heavy atom. The molecule has 6 rings (SSSR count). The maximum atomic E-state index is 6.07. The SMILES string of the molecule is Clc1ccc(CSCc2cc(N3CCN(C(c4ccccc4)c4ccccc4)CC3)nc(-c3ccccc3)n2)cc1. The third kappa shape index (κ3) is 6.99. The molecule has 5 aromatic rings. The molecule has 0 saturated carbocycles. The molecule has 1 fully saturated rings. The molecule has 4 aromatic carbocycles. The van der Waals surface area contributed by atoms with Crippen molar-refractivity contribution in [3.63, 3.8) is 0 Å². The van der Waals surface area contributed by atoms with Crippen molar-refractivity contribution in [2.45, 2.75) is 17.5 Å². The Kier molecular flexibility index (Phi) is 8.96. The van der Waals surface area contributed by atoms with Crippen molar-refractivity contribution in [2.75, 3.05) is 31.1 Å². The van der Waals surface area contributed by atoms with Crippen LogP contribution in [0.1, 0.15) is 28.4 Å². The predicted molar refractivity (Wildman–Crippen MR) is 172 cm³/mol. The monoisotopic (exact) mass is 576 g/mol. The summed E-state index contributed by atoms with van der Waals surface area (Å²) in [6.07, 6.45) is 0. The maximum absolute atomic E-state index is 6.07. The fraction of sp³-hybridized carbons (Fsp3) is 0.200. The third-order valence-corrected chi connectivity index (χ3v) is 8.75. The van der Waals surface area contributed by atoms with Crippen LogP contribution in [0.5, 0.6) is 0 Å². The quantitative estimate of drug-likeness (QED) is 0.177. The highest BCUT2D eigenvalue weighted by Gasteiger charge is 2.27.